The number of nitrogen functional groups attached to an aromatic ring is 1. The number of phenolic OH excluding ortho intramolecular Hbond substituents is 1. The predicted molar refractivity (Wildman–Crippen MR) is 57.9 cm³/mol. The molecule has 15 heavy (non-hydrogen) atoms. The lowest BCUT2D eigenvalue weighted by Crippen LogP contribution is -2.23. The van der Waals surface area contributed by atoms with Gasteiger partial charge in [-0.25, -0.2) is 13.1 Å². The van der Waals surface area contributed by atoms with Gasteiger partial charge in [-0.2, -0.15) is 0 Å². The van der Waals surface area contributed by atoms with Gasteiger partial charge in [-0.15, -0.1) is 6.58 Å². The Kier molecular flexibility index (Phi) is 3.33. The van der Waals surface area contributed by atoms with Crippen LogP contribution in [0.25, 0.3) is 0 Å². The summed E-state index contributed by atoms with van der Waals surface area (Å²) in [6, 6.07) is 3.70. The van der Waals surface area contributed by atoms with Crippen LogP contribution in [0.5, 0.6) is 5.75 Å². The lowest BCUT2D eigenvalue weighted by molar-refractivity contribution is 0.477. The van der Waals surface area contributed by atoms with E-state index in [0.29, 0.717) is 0 Å². The first-order chi connectivity index (χ1) is 6.97. The molecular weight excluding hydrogens is 216 g/mol. The Hall–Kier alpha value is -1.53. The van der Waals surface area contributed by atoms with Gasteiger partial charge in [-0.3, -0.25) is 0 Å². The lowest BCUT2D eigenvalue weighted by Gasteiger charge is -2.06. The van der Waals surface area contributed by atoms with E-state index in [2.05, 4.69) is 11.3 Å². The highest BCUT2D eigenvalue weighted by Gasteiger charge is 2.13. The second kappa shape index (κ2) is 4.33. The monoisotopic (exact) mass is 228 g/mol. The summed E-state index contributed by atoms with van der Waals surface area (Å²) in [5.74, 6) is -0.141. The van der Waals surface area contributed by atoms with Gasteiger partial charge >= 0.3 is 0 Å². The van der Waals surface area contributed by atoms with E-state index in [0.717, 1.165) is 0 Å². The molecule has 82 valence electrons. The number of nitrogens with one attached hydrogen (secondary N) is 1. The molecule has 0 radical (unpaired) electrons. The summed E-state index contributed by atoms with van der Waals surface area (Å²) in [5.41, 5.74) is 5.41. The summed E-state index contributed by atoms with van der Waals surface area (Å²) in [6.07, 6.45) is 1.43. The molecule has 4 N–H and O–H groups in total. The van der Waals surface area contributed by atoms with E-state index in [9.17, 15) is 8.42 Å². The van der Waals surface area contributed by atoms with Crippen molar-refractivity contribution in [3.8, 4) is 5.75 Å². The number of anilines is 1. The minimum atomic E-state index is -3.57. The molecule has 0 fully saturated rings. The molecule has 0 bridgehead atoms. The molecular formula is C9H12N2O3S. The van der Waals surface area contributed by atoms with Gasteiger partial charge < -0.3 is 10.8 Å². The molecule has 0 saturated carbocycles. The summed E-state index contributed by atoms with van der Waals surface area (Å²) in [4.78, 5) is 0.0136. The van der Waals surface area contributed by atoms with Crippen LogP contribution in [-0.2, 0) is 10.0 Å². The Bertz CT molecular complexity index is 468. The van der Waals surface area contributed by atoms with Gasteiger partial charge in [0.2, 0.25) is 10.0 Å². The van der Waals surface area contributed by atoms with Gasteiger partial charge in [0.25, 0.3) is 0 Å². The fourth-order valence-electron chi connectivity index (χ4n) is 0.952. The van der Waals surface area contributed by atoms with Gasteiger partial charge in [0, 0.05) is 6.54 Å². The van der Waals surface area contributed by atoms with Crippen LogP contribution in [0, 0.1) is 0 Å². The summed E-state index contributed by atoms with van der Waals surface area (Å²) in [6.45, 7) is 3.54. The molecule has 1 aromatic rings. The predicted octanol–water partition coefficient (Wildman–Crippen LogP) is 0.439. The molecule has 0 heterocycles. The van der Waals surface area contributed by atoms with Crippen LogP contribution >= 0.6 is 0 Å². The third-order valence-corrected chi connectivity index (χ3v) is 3.15. The third-order valence-electron chi connectivity index (χ3n) is 1.73. The van der Waals surface area contributed by atoms with Crippen LogP contribution in [0.2, 0.25) is 0 Å². The van der Waals surface area contributed by atoms with Crippen molar-refractivity contribution in [2.75, 3.05) is 12.3 Å². The first kappa shape index (κ1) is 11.5. The van der Waals surface area contributed by atoms with Crippen molar-refractivity contribution in [2.24, 2.45) is 0 Å². The molecule has 0 aliphatic rings. The Morgan fingerprint density at radius 2 is 2.20 bits per heavy atom. The molecule has 0 atom stereocenters. The minimum Gasteiger partial charge on any atom is -0.506 e. The molecule has 0 aliphatic carbocycles. The first-order valence-corrected chi connectivity index (χ1v) is 5.65. The lowest BCUT2D eigenvalue weighted by atomic mass is 10.3. The Labute approximate surface area is 88.3 Å². The molecule has 0 amide bonds. The number of rotatable bonds is 4. The number of aromatic hydroxyl groups is 1. The normalized spacial score (nSPS) is 11.2. The van der Waals surface area contributed by atoms with Crippen molar-refractivity contribution in [1.82, 2.24) is 4.72 Å². The fourth-order valence-corrected chi connectivity index (χ4v) is 1.98. The minimum absolute atomic E-state index is 0.0136. The first-order valence-electron chi connectivity index (χ1n) is 4.16. The standard InChI is InChI=1S/C9H12N2O3S/c1-2-5-11-15(13,14)7-3-4-9(12)8(10)6-7/h2-4,6,11-12H,1,5,10H2. The van der Waals surface area contributed by atoms with Crippen LogP contribution in [-0.4, -0.2) is 20.1 Å². The third kappa shape index (κ3) is 2.71. The summed E-state index contributed by atoms with van der Waals surface area (Å²) >= 11 is 0. The molecule has 0 unspecified atom stereocenters. The molecule has 1 aromatic carbocycles. The zero-order valence-corrected chi connectivity index (χ0v) is 8.79. The van der Waals surface area contributed by atoms with Crippen LogP contribution in [0.15, 0.2) is 35.7 Å². The van der Waals surface area contributed by atoms with Crippen molar-refractivity contribution in [3.05, 3.63) is 30.9 Å². The van der Waals surface area contributed by atoms with Crippen molar-refractivity contribution in [2.45, 2.75) is 4.90 Å². The van der Waals surface area contributed by atoms with Crippen molar-refractivity contribution in [1.29, 1.82) is 0 Å². The largest absolute Gasteiger partial charge is 0.506 e. The Morgan fingerprint density at radius 3 is 2.73 bits per heavy atom. The van der Waals surface area contributed by atoms with E-state index in [4.69, 9.17) is 10.8 Å². The summed E-state index contributed by atoms with van der Waals surface area (Å²) in [5, 5.41) is 9.13. The maximum absolute atomic E-state index is 11.6. The van der Waals surface area contributed by atoms with Crippen LogP contribution in [0.3, 0.4) is 0 Å². The number of sulfonamides is 1. The highest BCUT2D eigenvalue weighted by atomic mass is 32.2. The van der Waals surface area contributed by atoms with E-state index in [-0.39, 0.29) is 22.9 Å². The average Bonchev–Trinajstić information content (AvgIpc) is 2.19. The molecule has 0 spiro atoms. The Balaban J connectivity index is 3.05. The molecule has 6 heteroatoms. The highest BCUT2D eigenvalue weighted by Crippen LogP contribution is 2.22. The maximum Gasteiger partial charge on any atom is 0.240 e. The van der Waals surface area contributed by atoms with Crippen molar-refractivity contribution >= 4 is 15.7 Å². The second-order valence-electron chi connectivity index (χ2n) is 2.86. The van der Waals surface area contributed by atoms with E-state index in [1.54, 1.807) is 0 Å². The topological polar surface area (TPSA) is 92.4 Å². The SMILES string of the molecule is C=CCNS(=O)(=O)c1ccc(O)c(N)c1. The molecule has 0 saturated heterocycles. The smallest absolute Gasteiger partial charge is 0.240 e. The van der Waals surface area contributed by atoms with Gasteiger partial charge in [0.15, 0.2) is 0 Å². The van der Waals surface area contributed by atoms with Gasteiger partial charge in [0.05, 0.1) is 10.6 Å². The number of hydrogen-bond acceptors (Lipinski definition) is 4. The molecule has 1 rings (SSSR count). The van der Waals surface area contributed by atoms with Gasteiger partial charge in [-0.1, -0.05) is 6.08 Å². The van der Waals surface area contributed by atoms with Gasteiger partial charge in [0.1, 0.15) is 5.75 Å². The van der Waals surface area contributed by atoms with E-state index >= 15 is 0 Å². The van der Waals surface area contributed by atoms with Crippen molar-refractivity contribution in [3.63, 3.8) is 0 Å². The van der Waals surface area contributed by atoms with Gasteiger partial charge in [-0.05, 0) is 18.2 Å². The number of benzene rings is 1. The number of phenols is 1. The molecule has 0 aliphatic heterocycles. The van der Waals surface area contributed by atoms with E-state index in [1.165, 1.54) is 24.3 Å². The van der Waals surface area contributed by atoms with Crippen LogP contribution in [0.4, 0.5) is 5.69 Å². The molecule has 5 nitrogen and oxygen atoms in total. The summed E-state index contributed by atoms with van der Waals surface area (Å²) < 4.78 is 25.4. The maximum atomic E-state index is 11.6. The Morgan fingerprint density at radius 1 is 1.53 bits per heavy atom. The fraction of sp³-hybridized carbons (Fsp3) is 0.111. The summed E-state index contributed by atoms with van der Waals surface area (Å²) in [7, 11) is -3.57. The number of hydrogen-bond donors (Lipinski definition) is 3. The quantitative estimate of drug-likeness (QED) is 0.396. The average molecular weight is 228 g/mol. The van der Waals surface area contributed by atoms with Crippen LogP contribution < -0.4 is 10.5 Å². The zero-order chi connectivity index (χ0) is 11.5. The van der Waals surface area contributed by atoms with Crippen molar-refractivity contribution < 1.29 is 13.5 Å². The zero-order valence-electron chi connectivity index (χ0n) is 7.97. The van der Waals surface area contributed by atoms with E-state index < -0.39 is 10.0 Å². The van der Waals surface area contributed by atoms with Crippen LogP contribution in [0.1, 0.15) is 0 Å². The number of nitrogens with two attached hydrogens (primary N) is 1. The van der Waals surface area contributed by atoms with E-state index in [1.807, 2.05) is 0 Å². The molecule has 0 aromatic heterocycles. The highest BCUT2D eigenvalue weighted by molar-refractivity contribution is 7.89. The second-order valence-corrected chi connectivity index (χ2v) is 4.63.